The number of benzene rings is 1. The number of hydrogen-bond donors (Lipinski definition) is 1. The van der Waals surface area contributed by atoms with Crippen molar-refractivity contribution in [2.24, 2.45) is 5.92 Å². The molecule has 1 aliphatic rings. The van der Waals surface area contributed by atoms with Gasteiger partial charge in [-0.05, 0) is 37.3 Å². The lowest BCUT2D eigenvalue weighted by molar-refractivity contribution is 0.414. The van der Waals surface area contributed by atoms with Crippen molar-refractivity contribution in [3.8, 4) is 11.8 Å². The SMILES string of the molecule is CCCC1CCCC(Nc2ccc(C#N)cc2OC)CC1. The summed E-state index contributed by atoms with van der Waals surface area (Å²) >= 11 is 0. The number of nitriles is 1. The zero-order valence-corrected chi connectivity index (χ0v) is 13.2. The van der Waals surface area contributed by atoms with E-state index in [1.54, 1.807) is 13.2 Å². The van der Waals surface area contributed by atoms with E-state index >= 15 is 0 Å². The zero-order valence-electron chi connectivity index (χ0n) is 13.2. The summed E-state index contributed by atoms with van der Waals surface area (Å²) in [6.07, 6.45) is 9.12. The molecule has 2 rings (SSSR count). The fourth-order valence-corrected chi connectivity index (χ4v) is 3.32. The molecule has 2 unspecified atom stereocenters. The third-order valence-electron chi connectivity index (χ3n) is 4.48. The predicted molar refractivity (Wildman–Crippen MR) is 86.6 cm³/mol. The lowest BCUT2D eigenvalue weighted by atomic mass is 9.95. The van der Waals surface area contributed by atoms with Gasteiger partial charge >= 0.3 is 0 Å². The molecule has 0 aliphatic heterocycles. The highest BCUT2D eigenvalue weighted by Gasteiger charge is 2.19. The van der Waals surface area contributed by atoms with Gasteiger partial charge in [-0.2, -0.15) is 5.26 Å². The van der Waals surface area contributed by atoms with Gasteiger partial charge in [-0.15, -0.1) is 0 Å². The van der Waals surface area contributed by atoms with E-state index in [1.807, 2.05) is 12.1 Å². The van der Waals surface area contributed by atoms with Crippen LogP contribution in [0.1, 0.15) is 57.4 Å². The Hall–Kier alpha value is -1.69. The van der Waals surface area contributed by atoms with E-state index in [9.17, 15) is 0 Å². The normalized spacial score (nSPS) is 22.1. The quantitative estimate of drug-likeness (QED) is 0.796. The van der Waals surface area contributed by atoms with Gasteiger partial charge < -0.3 is 10.1 Å². The summed E-state index contributed by atoms with van der Waals surface area (Å²) in [4.78, 5) is 0. The van der Waals surface area contributed by atoms with Crippen LogP contribution in [0.15, 0.2) is 18.2 Å². The third-order valence-corrected chi connectivity index (χ3v) is 4.48. The van der Waals surface area contributed by atoms with Crippen LogP contribution in [0.25, 0.3) is 0 Å². The average molecular weight is 286 g/mol. The molecule has 0 heterocycles. The van der Waals surface area contributed by atoms with E-state index in [1.165, 1.54) is 44.9 Å². The summed E-state index contributed by atoms with van der Waals surface area (Å²) in [7, 11) is 1.66. The molecule has 1 aromatic carbocycles. The second-order valence-corrected chi connectivity index (χ2v) is 6.03. The fourth-order valence-electron chi connectivity index (χ4n) is 3.32. The molecule has 0 saturated heterocycles. The minimum Gasteiger partial charge on any atom is -0.495 e. The number of hydrogen-bond acceptors (Lipinski definition) is 3. The van der Waals surface area contributed by atoms with Crippen LogP contribution in [0.4, 0.5) is 5.69 Å². The molecule has 1 aliphatic carbocycles. The number of methoxy groups -OCH3 is 1. The van der Waals surface area contributed by atoms with Crippen LogP contribution >= 0.6 is 0 Å². The molecule has 3 nitrogen and oxygen atoms in total. The van der Waals surface area contributed by atoms with Crippen molar-refractivity contribution in [2.45, 2.75) is 57.9 Å². The van der Waals surface area contributed by atoms with Crippen molar-refractivity contribution in [1.82, 2.24) is 0 Å². The van der Waals surface area contributed by atoms with Crippen molar-refractivity contribution < 1.29 is 4.74 Å². The van der Waals surface area contributed by atoms with E-state index in [2.05, 4.69) is 18.3 Å². The summed E-state index contributed by atoms with van der Waals surface area (Å²) in [6, 6.07) is 8.29. The van der Waals surface area contributed by atoms with Crippen molar-refractivity contribution in [1.29, 1.82) is 5.26 Å². The molecule has 1 saturated carbocycles. The van der Waals surface area contributed by atoms with E-state index in [-0.39, 0.29) is 0 Å². The Morgan fingerprint density at radius 3 is 2.86 bits per heavy atom. The molecule has 0 bridgehead atoms. The Labute approximate surface area is 128 Å². The van der Waals surface area contributed by atoms with Gasteiger partial charge in [0, 0.05) is 12.1 Å². The molecule has 1 N–H and O–H groups in total. The first-order valence-electron chi connectivity index (χ1n) is 8.11. The molecular weight excluding hydrogens is 260 g/mol. The number of nitrogens with zero attached hydrogens (tertiary/aromatic N) is 1. The van der Waals surface area contributed by atoms with E-state index in [0.717, 1.165) is 17.4 Å². The molecule has 0 radical (unpaired) electrons. The molecule has 21 heavy (non-hydrogen) atoms. The first-order chi connectivity index (χ1) is 10.3. The number of anilines is 1. The average Bonchev–Trinajstić information content (AvgIpc) is 2.73. The van der Waals surface area contributed by atoms with Crippen LogP contribution in [0.3, 0.4) is 0 Å². The Bertz CT molecular complexity index is 492. The summed E-state index contributed by atoms with van der Waals surface area (Å²) in [5.74, 6) is 1.67. The van der Waals surface area contributed by atoms with Crippen LogP contribution < -0.4 is 10.1 Å². The highest BCUT2D eigenvalue weighted by Crippen LogP contribution is 2.31. The van der Waals surface area contributed by atoms with Gasteiger partial charge in [-0.3, -0.25) is 0 Å². The highest BCUT2D eigenvalue weighted by molar-refractivity contribution is 5.59. The Morgan fingerprint density at radius 1 is 1.29 bits per heavy atom. The lowest BCUT2D eigenvalue weighted by Crippen LogP contribution is -2.19. The first kappa shape index (κ1) is 15.7. The topological polar surface area (TPSA) is 45.0 Å². The van der Waals surface area contributed by atoms with Gasteiger partial charge in [0.25, 0.3) is 0 Å². The number of nitrogens with one attached hydrogen (secondary N) is 1. The minimum absolute atomic E-state index is 0.522. The Kier molecular flexibility index (Phi) is 5.92. The van der Waals surface area contributed by atoms with Gasteiger partial charge in [0.1, 0.15) is 5.75 Å². The van der Waals surface area contributed by atoms with Crippen LogP contribution in [-0.4, -0.2) is 13.2 Å². The van der Waals surface area contributed by atoms with Gasteiger partial charge in [0.05, 0.1) is 24.4 Å². The highest BCUT2D eigenvalue weighted by atomic mass is 16.5. The summed E-state index contributed by atoms with van der Waals surface area (Å²) in [5, 5.41) is 12.6. The zero-order chi connectivity index (χ0) is 15.1. The smallest absolute Gasteiger partial charge is 0.143 e. The molecule has 2 atom stereocenters. The van der Waals surface area contributed by atoms with Gasteiger partial charge in [0.15, 0.2) is 0 Å². The van der Waals surface area contributed by atoms with Crippen LogP contribution in [0.2, 0.25) is 0 Å². The summed E-state index contributed by atoms with van der Waals surface area (Å²) < 4.78 is 5.41. The standard InChI is InChI=1S/C18H26N2O/c1-3-5-14-6-4-7-16(10-8-14)20-17-11-9-15(13-19)12-18(17)21-2/h9,11-12,14,16,20H,3-8,10H2,1-2H3. The second kappa shape index (κ2) is 7.93. The maximum Gasteiger partial charge on any atom is 0.143 e. The van der Waals surface area contributed by atoms with Gasteiger partial charge in [0.2, 0.25) is 0 Å². The monoisotopic (exact) mass is 286 g/mol. The fraction of sp³-hybridized carbons (Fsp3) is 0.611. The van der Waals surface area contributed by atoms with Crippen molar-refractivity contribution in [3.63, 3.8) is 0 Å². The Balaban J connectivity index is 2.00. The van der Waals surface area contributed by atoms with Crippen molar-refractivity contribution in [2.75, 3.05) is 12.4 Å². The Morgan fingerprint density at radius 2 is 2.14 bits per heavy atom. The van der Waals surface area contributed by atoms with Crippen LogP contribution in [0, 0.1) is 17.2 Å². The second-order valence-electron chi connectivity index (χ2n) is 6.03. The third kappa shape index (κ3) is 4.39. The van der Waals surface area contributed by atoms with E-state index < -0.39 is 0 Å². The maximum absolute atomic E-state index is 8.96. The maximum atomic E-state index is 8.96. The molecule has 0 spiro atoms. The van der Waals surface area contributed by atoms with E-state index in [0.29, 0.717) is 11.6 Å². The van der Waals surface area contributed by atoms with E-state index in [4.69, 9.17) is 10.00 Å². The molecule has 1 aromatic rings. The van der Waals surface area contributed by atoms with Crippen molar-refractivity contribution >= 4 is 5.69 Å². The molecule has 114 valence electrons. The van der Waals surface area contributed by atoms with Crippen LogP contribution in [0.5, 0.6) is 5.75 Å². The molecular formula is C18H26N2O. The number of rotatable bonds is 5. The number of ether oxygens (including phenoxy) is 1. The molecule has 0 aromatic heterocycles. The van der Waals surface area contributed by atoms with Crippen LogP contribution in [-0.2, 0) is 0 Å². The predicted octanol–water partition coefficient (Wildman–Crippen LogP) is 4.73. The first-order valence-corrected chi connectivity index (χ1v) is 8.11. The minimum atomic E-state index is 0.522. The summed E-state index contributed by atoms with van der Waals surface area (Å²) in [6.45, 7) is 2.28. The van der Waals surface area contributed by atoms with Gasteiger partial charge in [-0.25, -0.2) is 0 Å². The largest absolute Gasteiger partial charge is 0.495 e. The molecule has 3 heteroatoms. The lowest BCUT2D eigenvalue weighted by Gasteiger charge is -2.20. The molecule has 0 amide bonds. The molecule has 1 fully saturated rings. The van der Waals surface area contributed by atoms with Gasteiger partial charge in [-0.1, -0.05) is 32.6 Å². The van der Waals surface area contributed by atoms with Crippen molar-refractivity contribution in [3.05, 3.63) is 23.8 Å². The summed E-state index contributed by atoms with van der Waals surface area (Å²) in [5.41, 5.74) is 1.65.